The van der Waals surface area contributed by atoms with Crippen molar-refractivity contribution in [3.8, 4) is 11.3 Å². The molecule has 0 atom stereocenters. The molecular formula is C13H13N3O3. The molecule has 2 aromatic rings. The van der Waals surface area contributed by atoms with Gasteiger partial charge in [0.15, 0.2) is 6.29 Å². The van der Waals surface area contributed by atoms with Crippen LogP contribution in [0.5, 0.6) is 0 Å². The van der Waals surface area contributed by atoms with Gasteiger partial charge in [-0.3, -0.25) is 19.6 Å². The SMILES string of the molecule is CCn1cc(C=O)c(-c2ccc(C)c([N+](=O)[O-])c2)n1. The number of hydrogen-bond donors (Lipinski definition) is 0. The van der Waals surface area contributed by atoms with Crippen molar-refractivity contribution < 1.29 is 9.72 Å². The van der Waals surface area contributed by atoms with E-state index in [-0.39, 0.29) is 5.69 Å². The highest BCUT2D eigenvalue weighted by molar-refractivity contribution is 5.85. The van der Waals surface area contributed by atoms with Crippen molar-refractivity contribution in [3.05, 3.63) is 45.6 Å². The molecule has 0 aliphatic heterocycles. The summed E-state index contributed by atoms with van der Waals surface area (Å²) in [5.74, 6) is 0. The number of carbonyl (C=O) groups excluding carboxylic acids is 1. The predicted octanol–water partition coefficient (Wildman–Crippen LogP) is 2.60. The van der Waals surface area contributed by atoms with Crippen LogP contribution in [0.2, 0.25) is 0 Å². The van der Waals surface area contributed by atoms with Gasteiger partial charge in [0, 0.05) is 29.9 Å². The number of aromatic nitrogens is 2. The van der Waals surface area contributed by atoms with Gasteiger partial charge in [0.2, 0.25) is 0 Å². The third-order valence-corrected chi connectivity index (χ3v) is 2.92. The summed E-state index contributed by atoms with van der Waals surface area (Å²) in [5.41, 5.74) is 2.09. The molecule has 1 aromatic heterocycles. The Bertz CT molecular complexity index is 647. The molecular weight excluding hydrogens is 246 g/mol. The van der Waals surface area contributed by atoms with E-state index < -0.39 is 4.92 Å². The average Bonchev–Trinajstić information content (AvgIpc) is 2.82. The smallest absolute Gasteiger partial charge is 0.272 e. The molecule has 0 saturated heterocycles. The van der Waals surface area contributed by atoms with E-state index in [2.05, 4.69) is 5.10 Å². The molecule has 0 spiro atoms. The fraction of sp³-hybridized carbons (Fsp3) is 0.231. The Morgan fingerprint density at radius 2 is 2.21 bits per heavy atom. The molecule has 0 radical (unpaired) electrons. The highest BCUT2D eigenvalue weighted by Crippen LogP contribution is 2.27. The summed E-state index contributed by atoms with van der Waals surface area (Å²) in [6, 6.07) is 4.84. The van der Waals surface area contributed by atoms with E-state index in [1.54, 1.807) is 29.9 Å². The lowest BCUT2D eigenvalue weighted by atomic mass is 10.1. The summed E-state index contributed by atoms with van der Waals surface area (Å²) in [5, 5.41) is 15.2. The van der Waals surface area contributed by atoms with Gasteiger partial charge in [0.1, 0.15) is 5.69 Å². The first-order chi connectivity index (χ1) is 9.06. The average molecular weight is 259 g/mol. The van der Waals surface area contributed by atoms with Gasteiger partial charge in [-0.1, -0.05) is 12.1 Å². The van der Waals surface area contributed by atoms with Crippen molar-refractivity contribution in [2.24, 2.45) is 0 Å². The van der Waals surface area contributed by atoms with Gasteiger partial charge in [-0.25, -0.2) is 0 Å². The van der Waals surface area contributed by atoms with Crippen molar-refractivity contribution in [2.75, 3.05) is 0 Å². The third-order valence-electron chi connectivity index (χ3n) is 2.92. The zero-order valence-corrected chi connectivity index (χ0v) is 10.7. The van der Waals surface area contributed by atoms with E-state index in [0.29, 0.717) is 35.2 Å². The molecule has 0 unspecified atom stereocenters. The van der Waals surface area contributed by atoms with E-state index in [4.69, 9.17) is 0 Å². The van der Waals surface area contributed by atoms with Gasteiger partial charge in [-0.05, 0) is 13.8 Å². The molecule has 98 valence electrons. The number of aryl methyl sites for hydroxylation is 2. The Balaban J connectivity index is 2.58. The van der Waals surface area contributed by atoms with E-state index >= 15 is 0 Å². The van der Waals surface area contributed by atoms with Gasteiger partial charge in [0.05, 0.1) is 10.5 Å². The molecule has 6 heteroatoms. The van der Waals surface area contributed by atoms with Crippen LogP contribution in [-0.2, 0) is 6.54 Å². The summed E-state index contributed by atoms with van der Waals surface area (Å²) < 4.78 is 1.63. The van der Waals surface area contributed by atoms with Crippen LogP contribution in [0.15, 0.2) is 24.4 Å². The second-order valence-electron chi connectivity index (χ2n) is 4.16. The Morgan fingerprint density at radius 3 is 2.79 bits per heavy atom. The largest absolute Gasteiger partial charge is 0.298 e. The minimum Gasteiger partial charge on any atom is -0.298 e. The molecule has 0 N–H and O–H groups in total. The Morgan fingerprint density at radius 1 is 1.47 bits per heavy atom. The number of hydrogen-bond acceptors (Lipinski definition) is 4. The first kappa shape index (κ1) is 12.9. The molecule has 0 saturated carbocycles. The first-order valence-electron chi connectivity index (χ1n) is 5.84. The van der Waals surface area contributed by atoms with Crippen molar-refractivity contribution in [2.45, 2.75) is 20.4 Å². The van der Waals surface area contributed by atoms with Crippen LogP contribution in [-0.4, -0.2) is 21.0 Å². The number of nitrogens with zero attached hydrogens (tertiary/aromatic N) is 3. The van der Waals surface area contributed by atoms with Crippen LogP contribution in [0.3, 0.4) is 0 Å². The summed E-state index contributed by atoms with van der Waals surface area (Å²) in [6.07, 6.45) is 2.34. The van der Waals surface area contributed by atoms with Gasteiger partial charge >= 0.3 is 0 Å². The first-order valence-corrected chi connectivity index (χ1v) is 5.84. The molecule has 1 aromatic carbocycles. The zero-order chi connectivity index (χ0) is 14.0. The lowest BCUT2D eigenvalue weighted by Gasteiger charge is -2.01. The van der Waals surface area contributed by atoms with Gasteiger partial charge < -0.3 is 0 Å². The second-order valence-corrected chi connectivity index (χ2v) is 4.16. The van der Waals surface area contributed by atoms with E-state index in [1.165, 1.54) is 6.07 Å². The summed E-state index contributed by atoms with van der Waals surface area (Å²) in [4.78, 5) is 21.5. The molecule has 1 heterocycles. The van der Waals surface area contributed by atoms with Gasteiger partial charge in [0.25, 0.3) is 5.69 Å². The molecule has 0 aliphatic rings. The minimum atomic E-state index is -0.434. The molecule has 0 aliphatic carbocycles. The van der Waals surface area contributed by atoms with E-state index in [9.17, 15) is 14.9 Å². The third kappa shape index (κ3) is 2.37. The van der Waals surface area contributed by atoms with Crippen molar-refractivity contribution >= 4 is 12.0 Å². The van der Waals surface area contributed by atoms with Crippen molar-refractivity contribution in [3.63, 3.8) is 0 Å². The second kappa shape index (κ2) is 5.01. The van der Waals surface area contributed by atoms with Crippen LogP contribution >= 0.6 is 0 Å². The Hall–Kier alpha value is -2.50. The van der Waals surface area contributed by atoms with Crippen LogP contribution in [0.1, 0.15) is 22.8 Å². The number of rotatable bonds is 4. The normalized spacial score (nSPS) is 10.4. The zero-order valence-electron chi connectivity index (χ0n) is 10.7. The number of nitro benzene ring substituents is 1. The standard InChI is InChI=1S/C13H13N3O3/c1-3-15-7-11(8-17)13(14-15)10-5-4-9(2)12(6-10)16(18)19/h4-8H,3H2,1-2H3. The molecule has 19 heavy (non-hydrogen) atoms. The maximum Gasteiger partial charge on any atom is 0.272 e. The van der Waals surface area contributed by atoms with Crippen LogP contribution < -0.4 is 0 Å². The highest BCUT2D eigenvalue weighted by Gasteiger charge is 2.16. The number of aldehydes is 1. The number of carbonyl (C=O) groups is 1. The van der Waals surface area contributed by atoms with Gasteiger partial charge in [-0.15, -0.1) is 0 Å². The molecule has 6 nitrogen and oxygen atoms in total. The van der Waals surface area contributed by atoms with E-state index in [1.807, 2.05) is 6.92 Å². The van der Waals surface area contributed by atoms with Crippen molar-refractivity contribution in [1.29, 1.82) is 0 Å². The van der Waals surface area contributed by atoms with E-state index in [0.717, 1.165) is 0 Å². The van der Waals surface area contributed by atoms with Crippen molar-refractivity contribution in [1.82, 2.24) is 9.78 Å². The fourth-order valence-electron chi connectivity index (χ4n) is 1.86. The maximum atomic E-state index is 11.0. The lowest BCUT2D eigenvalue weighted by Crippen LogP contribution is -1.95. The quantitative estimate of drug-likeness (QED) is 0.480. The number of benzene rings is 1. The highest BCUT2D eigenvalue weighted by atomic mass is 16.6. The topological polar surface area (TPSA) is 78.0 Å². The minimum absolute atomic E-state index is 0.0281. The maximum absolute atomic E-state index is 11.0. The Kier molecular flexibility index (Phi) is 3.41. The summed E-state index contributed by atoms with van der Waals surface area (Å²) in [6.45, 7) is 4.21. The lowest BCUT2D eigenvalue weighted by molar-refractivity contribution is -0.385. The molecule has 0 fully saturated rings. The molecule has 0 bridgehead atoms. The predicted molar refractivity (Wildman–Crippen MR) is 70.1 cm³/mol. The Labute approximate surface area is 109 Å². The summed E-state index contributed by atoms with van der Waals surface area (Å²) in [7, 11) is 0. The summed E-state index contributed by atoms with van der Waals surface area (Å²) >= 11 is 0. The van der Waals surface area contributed by atoms with Gasteiger partial charge in [-0.2, -0.15) is 5.10 Å². The number of nitro groups is 1. The monoisotopic (exact) mass is 259 g/mol. The van der Waals surface area contributed by atoms with Crippen LogP contribution in [0.4, 0.5) is 5.69 Å². The van der Waals surface area contributed by atoms with Crippen LogP contribution in [0.25, 0.3) is 11.3 Å². The fourth-order valence-corrected chi connectivity index (χ4v) is 1.86. The molecule has 2 rings (SSSR count). The molecule has 0 amide bonds. The van der Waals surface area contributed by atoms with Crippen LogP contribution in [0, 0.1) is 17.0 Å².